The number of amides is 1. The van der Waals surface area contributed by atoms with Gasteiger partial charge in [-0.25, -0.2) is 4.39 Å². The maximum atomic E-state index is 13.1. The van der Waals surface area contributed by atoms with Crippen molar-refractivity contribution in [3.05, 3.63) is 65.0 Å². The third-order valence-electron chi connectivity index (χ3n) is 2.69. The zero-order chi connectivity index (χ0) is 13.8. The van der Waals surface area contributed by atoms with E-state index in [4.69, 9.17) is 5.26 Å². The van der Waals surface area contributed by atoms with E-state index in [1.54, 1.807) is 31.2 Å². The van der Waals surface area contributed by atoms with Crippen LogP contribution >= 0.6 is 0 Å². The van der Waals surface area contributed by atoms with Crippen molar-refractivity contribution >= 4 is 11.6 Å². The molecule has 3 nitrogen and oxygen atoms in total. The molecule has 2 aromatic rings. The van der Waals surface area contributed by atoms with Gasteiger partial charge in [-0.05, 0) is 55.0 Å². The van der Waals surface area contributed by atoms with Crippen LogP contribution in [0.1, 0.15) is 21.5 Å². The van der Waals surface area contributed by atoms with E-state index < -0.39 is 0 Å². The first-order valence-corrected chi connectivity index (χ1v) is 5.68. The number of halogens is 1. The number of rotatable bonds is 2. The largest absolute Gasteiger partial charge is 0.322 e. The molecule has 0 aliphatic heterocycles. The number of aryl methyl sites for hydroxylation is 1. The van der Waals surface area contributed by atoms with Gasteiger partial charge in [0.2, 0.25) is 0 Å². The van der Waals surface area contributed by atoms with Gasteiger partial charge in [0.15, 0.2) is 0 Å². The highest BCUT2D eigenvalue weighted by Crippen LogP contribution is 2.13. The van der Waals surface area contributed by atoms with Crippen LogP contribution in [0.25, 0.3) is 0 Å². The van der Waals surface area contributed by atoms with Gasteiger partial charge in [-0.1, -0.05) is 0 Å². The van der Waals surface area contributed by atoms with Crippen LogP contribution in [0.3, 0.4) is 0 Å². The number of hydrogen-bond donors (Lipinski definition) is 1. The molecule has 0 aliphatic rings. The van der Waals surface area contributed by atoms with E-state index in [0.717, 1.165) is 0 Å². The lowest BCUT2D eigenvalue weighted by molar-refractivity contribution is 0.102. The molecule has 4 heteroatoms. The van der Waals surface area contributed by atoms with Crippen LogP contribution in [0.15, 0.2) is 42.5 Å². The Kier molecular flexibility index (Phi) is 3.58. The van der Waals surface area contributed by atoms with Crippen molar-refractivity contribution < 1.29 is 9.18 Å². The molecule has 19 heavy (non-hydrogen) atoms. The highest BCUT2D eigenvalue weighted by atomic mass is 19.1. The smallest absolute Gasteiger partial charge is 0.255 e. The fourth-order valence-corrected chi connectivity index (χ4v) is 1.62. The van der Waals surface area contributed by atoms with E-state index in [1.165, 1.54) is 18.2 Å². The summed E-state index contributed by atoms with van der Waals surface area (Å²) < 4.78 is 13.1. The molecule has 0 saturated heterocycles. The van der Waals surface area contributed by atoms with Crippen LogP contribution in [-0.2, 0) is 0 Å². The second-order valence-corrected chi connectivity index (χ2v) is 4.11. The number of nitriles is 1. The van der Waals surface area contributed by atoms with Crippen molar-refractivity contribution in [3.8, 4) is 6.07 Å². The van der Waals surface area contributed by atoms with Crippen molar-refractivity contribution in [3.63, 3.8) is 0 Å². The van der Waals surface area contributed by atoms with Crippen molar-refractivity contribution in [2.45, 2.75) is 6.92 Å². The van der Waals surface area contributed by atoms with Gasteiger partial charge in [0.1, 0.15) is 5.82 Å². The average Bonchev–Trinajstić information content (AvgIpc) is 2.42. The van der Waals surface area contributed by atoms with Crippen molar-refractivity contribution in [2.75, 3.05) is 5.32 Å². The molecular weight excluding hydrogens is 243 g/mol. The van der Waals surface area contributed by atoms with Gasteiger partial charge in [-0.15, -0.1) is 0 Å². The molecule has 0 fully saturated rings. The van der Waals surface area contributed by atoms with Gasteiger partial charge in [-0.3, -0.25) is 4.79 Å². The predicted molar refractivity (Wildman–Crippen MR) is 70.2 cm³/mol. The average molecular weight is 254 g/mol. The van der Waals surface area contributed by atoms with Crippen LogP contribution in [0.5, 0.6) is 0 Å². The van der Waals surface area contributed by atoms with Gasteiger partial charge in [0, 0.05) is 11.3 Å². The second kappa shape index (κ2) is 5.32. The molecular formula is C15H11FN2O. The molecule has 94 valence electrons. The second-order valence-electron chi connectivity index (χ2n) is 4.11. The third kappa shape index (κ3) is 2.96. The summed E-state index contributed by atoms with van der Waals surface area (Å²) in [5, 5.41) is 11.4. The van der Waals surface area contributed by atoms with Crippen LogP contribution in [0, 0.1) is 24.1 Å². The summed E-state index contributed by atoms with van der Waals surface area (Å²) >= 11 is 0. The fraction of sp³-hybridized carbons (Fsp3) is 0.0667. The zero-order valence-electron chi connectivity index (χ0n) is 10.3. The molecule has 0 spiro atoms. The predicted octanol–water partition coefficient (Wildman–Crippen LogP) is 3.26. The molecule has 1 amide bonds. The van der Waals surface area contributed by atoms with Crippen LogP contribution in [0.4, 0.5) is 10.1 Å². The Hall–Kier alpha value is -2.67. The van der Waals surface area contributed by atoms with E-state index in [0.29, 0.717) is 22.4 Å². The standard InChI is InChI=1S/C15H11FN2O/c1-10-8-12(4-7-14(10)16)15(19)18-13-5-2-11(9-17)3-6-13/h2-8H,1H3,(H,18,19). The van der Waals surface area contributed by atoms with Crippen LogP contribution in [-0.4, -0.2) is 5.91 Å². The van der Waals surface area contributed by atoms with E-state index >= 15 is 0 Å². The van der Waals surface area contributed by atoms with Gasteiger partial charge in [0.25, 0.3) is 5.91 Å². The molecule has 0 saturated carbocycles. The summed E-state index contributed by atoms with van der Waals surface area (Å²) in [5.41, 5.74) is 1.93. The quantitative estimate of drug-likeness (QED) is 0.894. The molecule has 0 unspecified atom stereocenters. The van der Waals surface area contributed by atoms with E-state index in [9.17, 15) is 9.18 Å². The first-order valence-electron chi connectivity index (χ1n) is 5.68. The number of carbonyl (C=O) groups is 1. The van der Waals surface area contributed by atoms with Crippen LogP contribution in [0.2, 0.25) is 0 Å². The molecule has 0 radical (unpaired) electrons. The highest BCUT2D eigenvalue weighted by molar-refractivity contribution is 6.04. The Bertz CT molecular complexity index is 657. The Morgan fingerprint density at radius 2 is 1.89 bits per heavy atom. The maximum absolute atomic E-state index is 13.1. The monoisotopic (exact) mass is 254 g/mol. The number of nitrogens with zero attached hydrogens (tertiary/aromatic N) is 1. The molecule has 0 aromatic heterocycles. The summed E-state index contributed by atoms with van der Waals surface area (Å²) in [5.74, 6) is -0.650. The van der Waals surface area contributed by atoms with Crippen molar-refractivity contribution in [1.29, 1.82) is 5.26 Å². The van der Waals surface area contributed by atoms with E-state index in [-0.39, 0.29) is 11.7 Å². The lowest BCUT2D eigenvalue weighted by atomic mass is 10.1. The minimum Gasteiger partial charge on any atom is -0.322 e. The Balaban J connectivity index is 2.16. The van der Waals surface area contributed by atoms with Gasteiger partial charge in [0.05, 0.1) is 11.6 Å². The molecule has 0 aliphatic carbocycles. The molecule has 0 heterocycles. The summed E-state index contributed by atoms with van der Waals surface area (Å²) in [6.07, 6.45) is 0. The lowest BCUT2D eigenvalue weighted by Crippen LogP contribution is -2.12. The molecule has 0 atom stereocenters. The highest BCUT2D eigenvalue weighted by Gasteiger charge is 2.08. The number of carbonyl (C=O) groups excluding carboxylic acids is 1. The number of hydrogen-bond acceptors (Lipinski definition) is 2. The normalized spacial score (nSPS) is 9.74. The molecule has 2 rings (SSSR count). The van der Waals surface area contributed by atoms with E-state index in [1.807, 2.05) is 6.07 Å². The van der Waals surface area contributed by atoms with E-state index in [2.05, 4.69) is 5.32 Å². The lowest BCUT2D eigenvalue weighted by Gasteiger charge is -2.06. The minimum atomic E-state index is -0.338. The Labute approximate surface area is 110 Å². The van der Waals surface area contributed by atoms with Crippen molar-refractivity contribution in [1.82, 2.24) is 0 Å². The molecule has 0 bridgehead atoms. The van der Waals surface area contributed by atoms with Crippen molar-refractivity contribution in [2.24, 2.45) is 0 Å². The zero-order valence-corrected chi connectivity index (χ0v) is 10.3. The molecule has 2 aromatic carbocycles. The fourth-order valence-electron chi connectivity index (χ4n) is 1.62. The summed E-state index contributed by atoms with van der Waals surface area (Å²) in [4.78, 5) is 11.9. The summed E-state index contributed by atoms with van der Waals surface area (Å²) in [7, 11) is 0. The maximum Gasteiger partial charge on any atom is 0.255 e. The SMILES string of the molecule is Cc1cc(C(=O)Nc2ccc(C#N)cc2)ccc1F. The van der Waals surface area contributed by atoms with Gasteiger partial charge >= 0.3 is 0 Å². The summed E-state index contributed by atoms with van der Waals surface area (Å²) in [6.45, 7) is 1.60. The number of nitrogens with one attached hydrogen (secondary N) is 1. The third-order valence-corrected chi connectivity index (χ3v) is 2.69. The Morgan fingerprint density at radius 3 is 2.47 bits per heavy atom. The first kappa shape index (κ1) is 12.8. The van der Waals surface area contributed by atoms with Crippen LogP contribution < -0.4 is 5.32 Å². The number of anilines is 1. The topological polar surface area (TPSA) is 52.9 Å². The summed E-state index contributed by atoms with van der Waals surface area (Å²) in [6, 6.07) is 12.7. The first-order chi connectivity index (χ1) is 9.10. The molecule has 1 N–H and O–H groups in total. The Morgan fingerprint density at radius 1 is 1.21 bits per heavy atom. The number of benzene rings is 2. The minimum absolute atomic E-state index is 0.312. The van der Waals surface area contributed by atoms with Gasteiger partial charge < -0.3 is 5.32 Å². The van der Waals surface area contributed by atoms with Gasteiger partial charge in [-0.2, -0.15) is 5.26 Å².